The highest BCUT2D eigenvalue weighted by molar-refractivity contribution is 7.91. The number of likely N-dealkylation sites (tertiary alicyclic amines) is 1. The van der Waals surface area contributed by atoms with E-state index in [1.54, 1.807) is 41.3 Å². The number of sulfonamides is 1. The zero-order chi connectivity index (χ0) is 38.5. The second-order valence-corrected chi connectivity index (χ2v) is 17.2. The molecule has 1 aliphatic heterocycles. The van der Waals surface area contributed by atoms with Gasteiger partial charge in [0, 0.05) is 45.9 Å². The molecule has 3 aliphatic rings. The molecule has 5 N–H and O–H groups in total. The molecule has 0 bridgehead atoms. The number of fused-ring (bicyclic) bond motifs is 1. The van der Waals surface area contributed by atoms with Crippen molar-refractivity contribution in [3.63, 3.8) is 0 Å². The summed E-state index contributed by atoms with van der Waals surface area (Å²) in [5, 5.41) is 6.75. The maximum atomic E-state index is 14.3. The van der Waals surface area contributed by atoms with Crippen molar-refractivity contribution in [2.45, 2.75) is 75.4 Å². The van der Waals surface area contributed by atoms with Crippen LogP contribution in [0.15, 0.2) is 61.3 Å². The van der Waals surface area contributed by atoms with Gasteiger partial charge >= 0.3 is 0 Å². The highest BCUT2D eigenvalue weighted by atomic mass is 35.5. The Hall–Kier alpha value is -4.73. The fourth-order valence-electron chi connectivity index (χ4n) is 6.96. The first-order valence-electron chi connectivity index (χ1n) is 17.2. The summed E-state index contributed by atoms with van der Waals surface area (Å²) >= 11 is 6.34. The average molecular weight is 767 g/mol. The summed E-state index contributed by atoms with van der Waals surface area (Å²) in [5.74, 6) is -2.44. The number of primary amides is 1. The third kappa shape index (κ3) is 7.69. The Balaban J connectivity index is 1.30. The van der Waals surface area contributed by atoms with Crippen molar-refractivity contribution in [3.05, 3.63) is 71.9 Å². The van der Waals surface area contributed by atoms with E-state index >= 15 is 0 Å². The third-order valence-electron chi connectivity index (χ3n) is 10.1. The number of carbonyl (C=O) groups excluding carboxylic acids is 4. The lowest BCUT2D eigenvalue weighted by Crippen LogP contribution is -2.59. The van der Waals surface area contributed by atoms with E-state index in [-0.39, 0.29) is 25.3 Å². The quantitative estimate of drug-likeness (QED) is 0.186. The number of halogens is 1. The highest BCUT2D eigenvalue weighted by Crippen LogP contribution is 2.53. The summed E-state index contributed by atoms with van der Waals surface area (Å²) in [4.78, 5) is 59.8. The van der Waals surface area contributed by atoms with E-state index in [9.17, 15) is 27.6 Å². The molecule has 282 valence electrons. The number of hydrogen-bond donors (Lipinski definition) is 4. The second-order valence-electron chi connectivity index (χ2n) is 14.8. The number of rotatable bonds is 13. The van der Waals surface area contributed by atoms with Gasteiger partial charge in [0.2, 0.25) is 33.6 Å². The van der Waals surface area contributed by atoms with E-state index in [4.69, 9.17) is 26.8 Å². The molecule has 2 aliphatic carbocycles. The molecule has 2 aromatic carbocycles. The topological polar surface area (TPSA) is 199 Å². The first-order valence-corrected chi connectivity index (χ1v) is 19.2. The van der Waals surface area contributed by atoms with Gasteiger partial charge in [0.1, 0.15) is 23.4 Å². The van der Waals surface area contributed by atoms with Crippen molar-refractivity contribution in [2.75, 3.05) is 19.0 Å². The molecule has 0 radical (unpaired) electrons. The monoisotopic (exact) mass is 766 g/mol. The van der Waals surface area contributed by atoms with Crippen LogP contribution in [0.2, 0.25) is 5.02 Å². The van der Waals surface area contributed by atoms with Crippen molar-refractivity contribution in [2.24, 2.45) is 17.1 Å². The molecule has 0 unspecified atom stereocenters. The number of hydrogen-bond acceptors (Lipinski definition) is 11. The Bertz CT molecular complexity index is 2080. The van der Waals surface area contributed by atoms with Crippen LogP contribution >= 0.6 is 11.6 Å². The van der Waals surface area contributed by atoms with Gasteiger partial charge in [-0.1, -0.05) is 38.4 Å². The van der Waals surface area contributed by atoms with Gasteiger partial charge < -0.3 is 20.5 Å². The van der Waals surface area contributed by atoms with Crippen LogP contribution in [-0.4, -0.2) is 84.6 Å². The number of benzene rings is 2. The largest absolute Gasteiger partial charge is 0.494 e. The number of pyridine rings is 1. The minimum Gasteiger partial charge on any atom is -0.494 e. The molecule has 1 aromatic heterocycles. The fraction of sp³-hybridized carbons (Fsp3) is 0.432. The van der Waals surface area contributed by atoms with E-state index in [1.807, 2.05) is 20.8 Å². The van der Waals surface area contributed by atoms with Crippen LogP contribution in [0.1, 0.15) is 56.8 Å². The molecule has 5 atom stereocenters. The minimum atomic E-state index is -3.92. The van der Waals surface area contributed by atoms with Crippen molar-refractivity contribution in [1.82, 2.24) is 19.9 Å². The van der Waals surface area contributed by atoms with E-state index in [0.717, 1.165) is 0 Å². The molecule has 53 heavy (non-hydrogen) atoms. The van der Waals surface area contributed by atoms with Crippen LogP contribution in [0, 0.1) is 11.3 Å². The molecule has 2 saturated carbocycles. The van der Waals surface area contributed by atoms with Crippen LogP contribution < -0.4 is 30.6 Å². The smallest absolute Gasteiger partial charge is 0.254 e. The Morgan fingerprint density at radius 2 is 1.81 bits per heavy atom. The molecular weight excluding hydrogens is 724 g/mol. The number of aromatic nitrogens is 1. The summed E-state index contributed by atoms with van der Waals surface area (Å²) in [6.45, 7) is 9.38. The average Bonchev–Trinajstić information content (AvgIpc) is 4.03. The number of amides is 4. The number of nitrogens with two attached hydrogens (primary N) is 1. The maximum Gasteiger partial charge on any atom is 0.254 e. The van der Waals surface area contributed by atoms with E-state index in [1.165, 1.54) is 25.4 Å². The number of nitrogens with one attached hydrogen (secondary N) is 3. The van der Waals surface area contributed by atoms with Crippen LogP contribution in [0.5, 0.6) is 11.6 Å². The maximum absolute atomic E-state index is 14.3. The molecule has 0 spiro atoms. The SMILES string of the molecule is C=C[C@@H]1C[C@@]1(C(=O)NS(=O)(=O)C1CC1)N1C[C@H](Oc2ncc(OC)c3ccc(Cl)cc23)C[C@H]1C(=O)NC(=O)[C@@H](Nc1ccc(C(N)=O)cc1)C(C)(C)C. The molecule has 6 rings (SSSR count). The first-order chi connectivity index (χ1) is 25.0. The van der Waals surface area contributed by atoms with Gasteiger partial charge in [-0.3, -0.25) is 34.1 Å². The van der Waals surface area contributed by atoms with E-state index in [0.29, 0.717) is 45.6 Å². The lowest BCUT2D eigenvalue weighted by Gasteiger charge is -2.34. The number of methoxy groups -OCH3 is 1. The Kier molecular flexibility index (Phi) is 10.2. The lowest BCUT2D eigenvalue weighted by atomic mass is 9.85. The molecule has 4 amide bonds. The number of carbonyl (C=O) groups is 4. The van der Waals surface area contributed by atoms with Gasteiger partial charge in [-0.15, -0.1) is 6.58 Å². The van der Waals surface area contributed by atoms with Gasteiger partial charge in [0.25, 0.3) is 5.91 Å². The fourth-order valence-corrected chi connectivity index (χ4v) is 8.49. The summed E-state index contributed by atoms with van der Waals surface area (Å²) in [6.07, 6.45) is 3.51. The number of anilines is 1. The van der Waals surface area contributed by atoms with Crippen molar-refractivity contribution in [3.8, 4) is 11.6 Å². The minimum absolute atomic E-state index is 0.0242. The van der Waals surface area contributed by atoms with E-state index in [2.05, 4.69) is 26.9 Å². The van der Waals surface area contributed by atoms with Crippen LogP contribution in [0.3, 0.4) is 0 Å². The predicted octanol–water partition coefficient (Wildman–Crippen LogP) is 3.54. The first kappa shape index (κ1) is 38.0. The zero-order valence-corrected chi connectivity index (χ0v) is 31.4. The third-order valence-corrected chi connectivity index (χ3v) is 12.1. The zero-order valence-electron chi connectivity index (χ0n) is 29.8. The Labute approximate surface area is 312 Å². The van der Waals surface area contributed by atoms with Gasteiger partial charge in [0.15, 0.2) is 0 Å². The molecular formula is C37H43ClN6O8S. The molecule has 3 aromatic rings. The molecule has 16 heteroatoms. The number of imide groups is 1. The summed E-state index contributed by atoms with van der Waals surface area (Å²) in [7, 11) is -2.41. The van der Waals surface area contributed by atoms with Crippen LogP contribution in [0.4, 0.5) is 5.69 Å². The van der Waals surface area contributed by atoms with Crippen LogP contribution in [-0.2, 0) is 24.4 Å². The van der Waals surface area contributed by atoms with Gasteiger partial charge in [-0.05, 0) is 67.1 Å². The second kappa shape index (κ2) is 14.3. The van der Waals surface area contributed by atoms with Crippen LogP contribution in [0.25, 0.3) is 10.8 Å². The van der Waals surface area contributed by atoms with Crippen molar-refractivity contribution in [1.29, 1.82) is 0 Å². The molecule has 2 heterocycles. The van der Waals surface area contributed by atoms with Crippen molar-refractivity contribution < 1.29 is 37.1 Å². The Morgan fingerprint density at radius 3 is 2.40 bits per heavy atom. The summed E-state index contributed by atoms with van der Waals surface area (Å²) in [5.41, 5.74) is 4.06. The summed E-state index contributed by atoms with van der Waals surface area (Å²) < 4.78 is 40.1. The lowest BCUT2D eigenvalue weighted by molar-refractivity contribution is -0.136. The van der Waals surface area contributed by atoms with Gasteiger partial charge in [-0.25, -0.2) is 13.4 Å². The highest BCUT2D eigenvalue weighted by Gasteiger charge is 2.67. The van der Waals surface area contributed by atoms with Crippen molar-refractivity contribution >= 4 is 61.7 Å². The number of nitrogens with zero attached hydrogens (tertiary/aromatic N) is 2. The Morgan fingerprint density at radius 1 is 1.11 bits per heavy atom. The van der Waals surface area contributed by atoms with E-state index < -0.39 is 74.0 Å². The predicted molar refractivity (Wildman–Crippen MR) is 199 cm³/mol. The number of ether oxygens (including phenoxy) is 2. The standard InChI is InChI=1S/C37H43ClN6O8S/c1-6-21-17-37(21,35(48)43-53(49,50)25-12-13-25)44-19-24(52-34-27-15-22(38)9-14-26(27)29(51-5)18-40-34)16-28(44)32(46)42-33(47)30(36(2,3)4)41-23-10-7-20(8-11-23)31(39)45/h6-11,14-15,18,21,24-25,28,30,41H,1,12-13,16-17,19H2,2-5H3,(H2,39,45)(H,43,48)(H,42,46,47)/t21-,24-,28+,30-,37-/m1/s1. The normalized spacial score (nSPS) is 23.5. The molecule has 3 fully saturated rings. The van der Waals surface area contributed by atoms with Gasteiger partial charge in [0.05, 0.1) is 24.6 Å². The summed E-state index contributed by atoms with van der Waals surface area (Å²) in [6, 6.07) is 9.43. The molecule has 14 nitrogen and oxygen atoms in total. The molecule has 1 saturated heterocycles. The van der Waals surface area contributed by atoms with Gasteiger partial charge in [-0.2, -0.15) is 0 Å².